The van der Waals surface area contributed by atoms with Gasteiger partial charge in [-0.3, -0.25) is 0 Å². The summed E-state index contributed by atoms with van der Waals surface area (Å²) in [7, 11) is 0. The molecule has 0 heterocycles. The highest BCUT2D eigenvalue weighted by molar-refractivity contribution is 9.13. The Labute approximate surface area is 200 Å². The molecule has 0 fully saturated rings. The molecule has 0 amide bonds. The van der Waals surface area contributed by atoms with Gasteiger partial charge in [0.05, 0.1) is 13.2 Å². The monoisotopic (exact) mass is 540 g/mol. The molecule has 2 rings (SSSR count). The van der Waals surface area contributed by atoms with E-state index in [1.54, 1.807) is 0 Å². The molecule has 0 saturated heterocycles. The van der Waals surface area contributed by atoms with Gasteiger partial charge in [0.25, 0.3) is 0 Å². The quantitative estimate of drug-likeness (QED) is 0.197. The second kappa shape index (κ2) is 15.1. The molecule has 0 atom stereocenters. The maximum absolute atomic E-state index is 6.18. The van der Waals surface area contributed by atoms with E-state index in [1.165, 1.54) is 64.2 Å². The van der Waals surface area contributed by atoms with Gasteiger partial charge in [0.15, 0.2) is 11.5 Å². The highest BCUT2D eigenvalue weighted by Gasteiger charge is 2.10. The average molecular weight is 542 g/mol. The second-order valence-corrected chi connectivity index (χ2v) is 9.85. The molecule has 0 aliphatic rings. The Morgan fingerprint density at radius 2 is 0.900 bits per heavy atom. The summed E-state index contributed by atoms with van der Waals surface area (Å²) >= 11 is 7.22. The Morgan fingerprint density at radius 3 is 1.30 bits per heavy atom. The average Bonchev–Trinajstić information content (AvgIpc) is 2.73. The van der Waals surface area contributed by atoms with E-state index < -0.39 is 0 Å². The third kappa shape index (κ3) is 9.18. The van der Waals surface area contributed by atoms with Crippen LogP contribution in [-0.4, -0.2) is 13.2 Å². The Morgan fingerprint density at radius 1 is 0.533 bits per heavy atom. The SMILES string of the molecule is CCCCCCCCOc1cc2cc(Br)c(Br)cc2cc1OCCCCCCCC. The van der Waals surface area contributed by atoms with Gasteiger partial charge in [-0.05, 0) is 79.7 Å². The fourth-order valence-electron chi connectivity index (χ4n) is 3.61. The third-order valence-corrected chi connectivity index (χ3v) is 7.30. The first-order valence-corrected chi connectivity index (χ1v) is 13.4. The minimum atomic E-state index is 0.753. The molecule has 2 aromatic rings. The molecule has 0 radical (unpaired) electrons. The molecular formula is C26H38Br2O2. The lowest BCUT2D eigenvalue weighted by Gasteiger charge is -2.15. The van der Waals surface area contributed by atoms with Crippen LogP contribution in [0.3, 0.4) is 0 Å². The minimum absolute atomic E-state index is 0.753. The number of halogens is 2. The van der Waals surface area contributed by atoms with Crippen molar-refractivity contribution in [1.29, 1.82) is 0 Å². The summed E-state index contributed by atoms with van der Waals surface area (Å²) in [5.41, 5.74) is 0. The molecule has 0 spiro atoms. The zero-order valence-corrected chi connectivity index (χ0v) is 22.0. The van der Waals surface area contributed by atoms with E-state index in [0.717, 1.165) is 57.3 Å². The molecule has 4 heteroatoms. The number of ether oxygens (including phenoxy) is 2. The summed E-state index contributed by atoms with van der Waals surface area (Å²) in [6.07, 6.45) is 15.2. The topological polar surface area (TPSA) is 18.5 Å². The van der Waals surface area contributed by atoms with E-state index in [-0.39, 0.29) is 0 Å². The van der Waals surface area contributed by atoms with E-state index in [2.05, 4.69) is 70.0 Å². The van der Waals surface area contributed by atoms with Crippen molar-refractivity contribution in [1.82, 2.24) is 0 Å². The van der Waals surface area contributed by atoms with Crippen molar-refractivity contribution in [2.45, 2.75) is 90.9 Å². The van der Waals surface area contributed by atoms with Gasteiger partial charge in [0.1, 0.15) is 0 Å². The van der Waals surface area contributed by atoms with Gasteiger partial charge in [-0.15, -0.1) is 0 Å². The van der Waals surface area contributed by atoms with Gasteiger partial charge in [0, 0.05) is 8.95 Å². The fourth-order valence-corrected chi connectivity index (χ4v) is 4.33. The Bertz CT molecular complexity index is 683. The molecule has 30 heavy (non-hydrogen) atoms. The standard InChI is InChI=1S/C26H38Br2O2/c1-3-5-7-9-11-13-15-29-25-19-21-17-23(27)24(28)18-22(21)20-26(25)30-16-14-12-10-8-6-4-2/h17-20H,3-16H2,1-2H3. The van der Waals surface area contributed by atoms with Crippen molar-refractivity contribution in [3.05, 3.63) is 33.2 Å². The van der Waals surface area contributed by atoms with Crippen LogP contribution in [0.5, 0.6) is 11.5 Å². The van der Waals surface area contributed by atoms with Gasteiger partial charge in [0.2, 0.25) is 0 Å². The normalized spacial score (nSPS) is 11.2. The first-order valence-electron chi connectivity index (χ1n) is 11.8. The summed E-state index contributed by atoms with van der Waals surface area (Å²) in [5, 5.41) is 2.32. The van der Waals surface area contributed by atoms with Crippen molar-refractivity contribution < 1.29 is 9.47 Å². The number of rotatable bonds is 16. The van der Waals surface area contributed by atoms with Gasteiger partial charge >= 0.3 is 0 Å². The van der Waals surface area contributed by atoms with Crippen LogP contribution in [0, 0.1) is 0 Å². The summed E-state index contributed by atoms with van der Waals surface area (Å²) < 4.78 is 14.5. The third-order valence-electron chi connectivity index (χ3n) is 5.45. The smallest absolute Gasteiger partial charge is 0.161 e. The summed E-state index contributed by atoms with van der Waals surface area (Å²) in [6, 6.07) is 8.52. The molecule has 2 nitrogen and oxygen atoms in total. The number of unbranched alkanes of at least 4 members (excludes halogenated alkanes) is 10. The summed E-state index contributed by atoms with van der Waals surface area (Å²) in [4.78, 5) is 0. The molecule has 0 saturated carbocycles. The Hall–Kier alpha value is -0.740. The zero-order valence-electron chi connectivity index (χ0n) is 18.8. The van der Waals surface area contributed by atoms with E-state index in [1.807, 2.05) is 0 Å². The number of hydrogen-bond donors (Lipinski definition) is 0. The number of benzene rings is 2. The summed E-state index contributed by atoms with van der Waals surface area (Å²) in [6.45, 7) is 6.02. The molecule has 2 aromatic carbocycles. The molecule has 0 aliphatic carbocycles. The zero-order chi connectivity index (χ0) is 21.6. The molecule has 0 aliphatic heterocycles. The van der Waals surface area contributed by atoms with Crippen LogP contribution in [-0.2, 0) is 0 Å². The van der Waals surface area contributed by atoms with Crippen LogP contribution in [0.4, 0.5) is 0 Å². The largest absolute Gasteiger partial charge is 0.490 e. The van der Waals surface area contributed by atoms with Crippen molar-refractivity contribution in [3.8, 4) is 11.5 Å². The van der Waals surface area contributed by atoms with Gasteiger partial charge in [-0.25, -0.2) is 0 Å². The van der Waals surface area contributed by atoms with Gasteiger partial charge in [-0.1, -0.05) is 78.1 Å². The van der Waals surface area contributed by atoms with E-state index in [4.69, 9.17) is 9.47 Å². The van der Waals surface area contributed by atoms with Gasteiger partial charge < -0.3 is 9.47 Å². The molecule has 168 valence electrons. The van der Waals surface area contributed by atoms with Crippen LogP contribution in [0.2, 0.25) is 0 Å². The summed E-state index contributed by atoms with van der Waals surface area (Å²) in [5.74, 6) is 1.74. The lowest BCUT2D eigenvalue weighted by atomic mass is 10.1. The fraction of sp³-hybridized carbons (Fsp3) is 0.615. The van der Waals surface area contributed by atoms with Crippen LogP contribution >= 0.6 is 31.9 Å². The van der Waals surface area contributed by atoms with Crippen LogP contribution < -0.4 is 9.47 Å². The number of fused-ring (bicyclic) bond motifs is 1. The maximum atomic E-state index is 6.18. The lowest BCUT2D eigenvalue weighted by Crippen LogP contribution is -2.03. The van der Waals surface area contributed by atoms with E-state index in [9.17, 15) is 0 Å². The van der Waals surface area contributed by atoms with E-state index in [0.29, 0.717) is 0 Å². The van der Waals surface area contributed by atoms with Gasteiger partial charge in [-0.2, -0.15) is 0 Å². The first kappa shape index (κ1) is 25.5. The predicted molar refractivity (Wildman–Crippen MR) is 137 cm³/mol. The van der Waals surface area contributed by atoms with Crippen molar-refractivity contribution in [2.75, 3.05) is 13.2 Å². The second-order valence-electron chi connectivity index (χ2n) is 8.14. The molecule has 0 unspecified atom stereocenters. The lowest BCUT2D eigenvalue weighted by molar-refractivity contribution is 0.259. The molecular weight excluding hydrogens is 504 g/mol. The molecule has 0 aromatic heterocycles. The minimum Gasteiger partial charge on any atom is -0.490 e. The van der Waals surface area contributed by atoms with Crippen LogP contribution in [0.1, 0.15) is 90.9 Å². The highest BCUT2D eigenvalue weighted by atomic mass is 79.9. The van der Waals surface area contributed by atoms with Crippen LogP contribution in [0.25, 0.3) is 10.8 Å². The predicted octanol–water partition coefficient (Wildman–Crippen LogP) is 9.84. The maximum Gasteiger partial charge on any atom is 0.161 e. The molecule has 0 bridgehead atoms. The van der Waals surface area contributed by atoms with Crippen molar-refractivity contribution >= 4 is 42.6 Å². The molecule has 0 N–H and O–H groups in total. The Balaban J connectivity index is 1.95. The highest BCUT2D eigenvalue weighted by Crippen LogP contribution is 2.36. The first-order chi connectivity index (χ1) is 14.7. The van der Waals surface area contributed by atoms with Crippen LogP contribution in [0.15, 0.2) is 33.2 Å². The van der Waals surface area contributed by atoms with E-state index >= 15 is 0 Å². The van der Waals surface area contributed by atoms with Crippen molar-refractivity contribution in [3.63, 3.8) is 0 Å². The van der Waals surface area contributed by atoms with Crippen molar-refractivity contribution in [2.24, 2.45) is 0 Å². The Kier molecular flexibility index (Phi) is 12.9. The number of hydrogen-bond acceptors (Lipinski definition) is 2.